The molecular formula is C24H24FN3OS. The number of rotatable bonds is 9. The smallest absolute Gasteiger partial charge is 0.238 e. The lowest BCUT2D eigenvalue weighted by Gasteiger charge is -2.22. The van der Waals surface area contributed by atoms with Crippen LogP contribution >= 0.6 is 11.8 Å². The van der Waals surface area contributed by atoms with E-state index in [1.165, 1.54) is 6.07 Å². The van der Waals surface area contributed by atoms with E-state index in [-0.39, 0.29) is 18.3 Å². The number of thioether (sulfide) groups is 1. The number of hydrogen-bond donors (Lipinski definition) is 1. The largest absolute Gasteiger partial charge is 0.325 e. The van der Waals surface area contributed by atoms with Crippen LogP contribution in [0.2, 0.25) is 0 Å². The fraction of sp³-hybridized carbons (Fsp3) is 0.250. The molecule has 0 radical (unpaired) electrons. The van der Waals surface area contributed by atoms with Crippen molar-refractivity contribution < 1.29 is 9.18 Å². The molecule has 0 atom stereocenters. The van der Waals surface area contributed by atoms with Gasteiger partial charge in [-0.1, -0.05) is 36.4 Å². The minimum atomic E-state index is -0.221. The van der Waals surface area contributed by atoms with E-state index in [1.807, 2.05) is 48.5 Å². The highest BCUT2D eigenvalue weighted by Gasteiger charge is 2.30. The molecular weight excluding hydrogens is 397 g/mol. The molecule has 30 heavy (non-hydrogen) atoms. The highest BCUT2D eigenvalue weighted by molar-refractivity contribution is 7.98. The molecule has 0 bridgehead atoms. The van der Waals surface area contributed by atoms with Gasteiger partial charge in [0.05, 0.1) is 11.6 Å². The quantitative estimate of drug-likeness (QED) is 0.487. The first-order chi connectivity index (χ1) is 14.7. The molecule has 154 valence electrons. The molecule has 0 aliphatic heterocycles. The molecule has 4 nitrogen and oxygen atoms in total. The van der Waals surface area contributed by atoms with Crippen LogP contribution in [0.4, 0.5) is 10.1 Å². The van der Waals surface area contributed by atoms with E-state index in [1.54, 1.807) is 30.1 Å². The zero-order valence-electron chi connectivity index (χ0n) is 16.6. The van der Waals surface area contributed by atoms with Crippen LogP contribution in [-0.4, -0.2) is 28.4 Å². The van der Waals surface area contributed by atoms with E-state index in [0.29, 0.717) is 18.2 Å². The fourth-order valence-corrected chi connectivity index (χ4v) is 4.12. The summed E-state index contributed by atoms with van der Waals surface area (Å²) in [5.41, 5.74) is 2.53. The van der Waals surface area contributed by atoms with Gasteiger partial charge >= 0.3 is 0 Å². The van der Waals surface area contributed by atoms with Gasteiger partial charge in [0.1, 0.15) is 5.82 Å². The van der Waals surface area contributed by atoms with E-state index < -0.39 is 0 Å². The van der Waals surface area contributed by atoms with Crippen LogP contribution in [0.25, 0.3) is 0 Å². The maximum absolute atomic E-state index is 14.0. The number of carbonyl (C=O) groups is 1. The van der Waals surface area contributed by atoms with Crippen LogP contribution in [-0.2, 0) is 17.1 Å². The lowest BCUT2D eigenvalue weighted by atomic mass is 10.2. The first-order valence-electron chi connectivity index (χ1n) is 10.1. The van der Waals surface area contributed by atoms with Gasteiger partial charge in [0, 0.05) is 35.8 Å². The molecule has 0 saturated heterocycles. The highest BCUT2D eigenvalue weighted by Crippen LogP contribution is 2.29. The van der Waals surface area contributed by atoms with Gasteiger partial charge in [0.25, 0.3) is 0 Å². The van der Waals surface area contributed by atoms with Crippen molar-refractivity contribution in [3.8, 4) is 0 Å². The summed E-state index contributed by atoms with van der Waals surface area (Å²) in [6.45, 7) is 0.706. The van der Waals surface area contributed by atoms with Gasteiger partial charge in [-0.3, -0.25) is 9.69 Å². The second kappa shape index (κ2) is 9.87. The van der Waals surface area contributed by atoms with Crippen molar-refractivity contribution >= 4 is 23.4 Å². The summed E-state index contributed by atoms with van der Waals surface area (Å²) in [4.78, 5) is 19.0. The molecule has 1 fully saturated rings. The number of pyridine rings is 1. The third kappa shape index (κ3) is 5.90. The fourth-order valence-electron chi connectivity index (χ4n) is 3.31. The van der Waals surface area contributed by atoms with E-state index in [2.05, 4.69) is 15.2 Å². The Labute approximate surface area is 180 Å². The van der Waals surface area contributed by atoms with Gasteiger partial charge in [-0.05, 0) is 48.7 Å². The highest BCUT2D eigenvalue weighted by atomic mass is 32.2. The van der Waals surface area contributed by atoms with Crippen molar-refractivity contribution in [1.82, 2.24) is 9.88 Å². The van der Waals surface area contributed by atoms with Crippen molar-refractivity contribution in [3.05, 3.63) is 89.9 Å². The van der Waals surface area contributed by atoms with Crippen LogP contribution in [0.3, 0.4) is 0 Å². The predicted molar refractivity (Wildman–Crippen MR) is 119 cm³/mol. The zero-order chi connectivity index (χ0) is 20.8. The Kier molecular flexibility index (Phi) is 6.77. The minimum absolute atomic E-state index is 0.0761. The van der Waals surface area contributed by atoms with Gasteiger partial charge in [-0.2, -0.15) is 0 Å². The maximum atomic E-state index is 14.0. The first-order valence-corrected chi connectivity index (χ1v) is 11.1. The summed E-state index contributed by atoms with van der Waals surface area (Å²) in [5.74, 6) is 0.483. The molecule has 4 rings (SSSR count). The van der Waals surface area contributed by atoms with Crippen molar-refractivity contribution in [1.29, 1.82) is 0 Å². The van der Waals surface area contributed by atoms with Crippen LogP contribution in [0.15, 0.2) is 78.0 Å². The lowest BCUT2D eigenvalue weighted by molar-refractivity contribution is -0.117. The second-order valence-corrected chi connectivity index (χ2v) is 8.43. The van der Waals surface area contributed by atoms with Crippen LogP contribution in [0, 0.1) is 5.82 Å². The van der Waals surface area contributed by atoms with Crippen LogP contribution in [0.5, 0.6) is 0 Å². The van der Waals surface area contributed by atoms with Gasteiger partial charge in [0.2, 0.25) is 5.91 Å². The topological polar surface area (TPSA) is 45.2 Å². The van der Waals surface area contributed by atoms with Gasteiger partial charge in [0.15, 0.2) is 0 Å². The third-order valence-electron chi connectivity index (χ3n) is 4.98. The minimum Gasteiger partial charge on any atom is -0.325 e. The molecule has 1 amide bonds. The van der Waals surface area contributed by atoms with Crippen LogP contribution in [0.1, 0.15) is 24.0 Å². The summed E-state index contributed by atoms with van der Waals surface area (Å²) < 4.78 is 14.0. The van der Waals surface area contributed by atoms with E-state index in [4.69, 9.17) is 0 Å². The second-order valence-electron chi connectivity index (χ2n) is 7.43. The van der Waals surface area contributed by atoms with E-state index in [9.17, 15) is 9.18 Å². The molecule has 1 aromatic heterocycles. The molecule has 0 unspecified atom stereocenters. The molecule has 0 spiro atoms. The Bertz CT molecular complexity index is 995. The summed E-state index contributed by atoms with van der Waals surface area (Å²) in [6.07, 6.45) is 3.90. The molecule has 3 aromatic rings. The maximum Gasteiger partial charge on any atom is 0.238 e. The number of carbonyl (C=O) groups excluding carboxylic acids is 1. The standard InChI is InChI=1S/C24H24FN3OS/c25-22-9-2-1-7-19(22)15-28(21-11-12-21)16-23(29)27-20-8-5-6-18(14-20)17-30-24-10-3-4-13-26-24/h1-10,13-14,21H,11-12,15-17H2,(H,27,29). The van der Waals surface area contributed by atoms with E-state index in [0.717, 1.165) is 34.9 Å². The molecule has 1 saturated carbocycles. The summed E-state index contributed by atoms with van der Waals surface area (Å²) >= 11 is 1.66. The molecule has 1 N–H and O–H groups in total. The van der Waals surface area contributed by atoms with Crippen LogP contribution < -0.4 is 5.32 Å². The molecule has 1 heterocycles. The number of aromatic nitrogens is 1. The monoisotopic (exact) mass is 421 g/mol. The Morgan fingerprint density at radius 2 is 1.93 bits per heavy atom. The Hall–Kier alpha value is -2.70. The van der Waals surface area contributed by atoms with Crippen molar-refractivity contribution in [2.45, 2.75) is 36.2 Å². The number of anilines is 1. The lowest BCUT2D eigenvalue weighted by Crippen LogP contribution is -2.34. The summed E-state index contributed by atoms with van der Waals surface area (Å²) in [5, 5.41) is 3.97. The van der Waals surface area contributed by atoms with Gasteiger partial charge in [-0.25, -0.2) is 9.37 Å². The predicted octanol–water partition coefficient (Wildman–Crippen LogP) is 5.12. The average Bonchev–Trinajstić information content (AvgIpc) is 3.60. The normalized spacial score (nSPS) is 13.4. The summed E-state index contributed by atoms with van der Waals surface area (Å²) in [6, 6.07) is 20.9. The van der Waals surface area contributed by atoms with Crippen molar-refractivity contribution in [2.75, 3.05) is 11.9 Å². The summed E-state index contributed by atoms with van der Waals surface area (Å²) in [7, 11) is 0. The Morgan fingerprint density at radius 1 is 1.10 bits per heavy atom. The first kappa shape index (κ1) is 20.6. The number of nitrogens with one attached hydrogen (secondary N) is 1. The van der Waals surface area contributed by atoms with E-state index >= 15 is 0 Å². The van der Waals surface area contributed by atoms with Gasteiger partial charge < -0.3 is 5.32 Å². The van der Waals surface area contributed by atoms with Crippen molar-refractivity contribution in [3.63, 3.8) is 0 Å². The zero-order valence-corrected chi connectivity index (χ0v) is 17.4. The molecule has 1 aliphatic rings. The molecule has 1 aliphatic carbocycles. The Morgan fingerprint density at radius 3 is 2.70 bits per heavy atom. The number of nitrogens with zero attached hydrogens (tertiary/aromatic N) is 2. The number of hydrogen-bond acceptors (Lipinski definition) is 4. The molecule has 2 aromatic carbocycles. The SMILES string of the molecule is O=C(CN(Cc1ccccc1F)C1CC1)Nc1cccc(CSc2ccccn2)c1. The third-order valence-corrected chi connectivity index (χ3v) is 5.99. The molecule has 6 heteroatoms. The number of halogens is 1. The average molecular weight is 422 g/mol. The number of benzene rings is 2. The van der Waals surface area contributed by atoms with Gasteiger partial charge in [-0.15, -0.1) is 11.8 Å². The Balaban J connectivity index is 1.34. The number of amides is 1. The van der Waals surface area contributed by atoms with Crippen molar-refractivity contribution in [2.24, 2.45) is 0 Å².